The van der Waals surface area contributed by atoms with Crippen LogP contribution in [-0.2, 0) is 4.79 Å². The summed E-state index contributed by atoms with van der Waals surface area (Å²) in [6.07, 6.45) is 4.96. The fourth-order valence-electron chi connectivity index (χ4n) is 1.98. The van der Waals surface area contributed by atoms with Gasteiger partial charge in [-0.15, -0.1) is 0 Å². The third-order valence-electron chi connectivity index (χ3n) is 2.80. The topological polar surface area (TPSA) is 42.0 Å². The van der Waals surface area contributed by atoms with Gasteiger partial charge in [0.05, 0.1) is 10.7 Å². The summed E-state index contributed by atoms with van der Waals surface area (Å²) < 4.78 is 0. The zero-order valence-electron chi connectivity index (χ0n) is 9.65. The summed E-state index contributed by atoms with van der Waals surface area (Å²) in [5, 5.41) is 3.90. The van der Waals surface area contributed by atoms with Gasteiger partial charge in [-0.3, -0.25) is 9.78 Å². The van der Waals surface area contributed by atoms with Gasteiger partial charge in [0.15, 0.2) is 0 Å². The van der Waals surface area contributed by atoms with Gasteiger partial charge in [0.1, 0.15) is 0 Å². The molecule has 2 aromatic rings. The van der Waals surface area contributed by atoms with Gasteiger partial charge < -0.3 is 5.32 Å². The average molecular weight is 291 g/mol. The van der Waals surface area contributed by atoms with Crippen molar-refractivity contribution in [3.8, 4) is 0 Å². The first kappa shape index (κ1) is 12.2. The molecule has 1 aromatic carbocycles. The Balaban J connectivity index is 2.09. The molecule has 3 rings (SSSR count). The lowest BCUT2D eigenvalue weighted by Gasteiger charge is -1.99. The van der Waals surface area contributed by atoms with Crippen molar-refractivity contribution in [3.63, 3.8) is 0 Å². The maximum atomic E-state index is 12.0. The van der Waals surface area contributed by atoms with Gasteiger partial charge in [-0.25, -0.2) is 0 Å². The first-order valence-corrected chi connectivity index (χ1v) is 6.32. The number of rotatable bonds is 1. The molecule has 3 nitrogen and oxygen atoms in total. The molecule has 1 aromatic heterocycles. The van der Waals surface area contributed by atoms with Gasteiger partial charge in [-0.2, -0.15) is 0 Å². The molecule has 0 fully saturated rings. The minimum Gasteiger partial charge on any atom is -0.321 e. The number of hydrogen-bond donors (Lipinski definition) is 1. The van der Waals surface area contributed by atoms with Crippen LogP contribution in [-0.4, -0.2) is 10.9 Å². The predicted octanol–water partition coefficient (Wildman–Crippen LogP) is 3.88. The summed E-state index contributed by atoms with van der Waals surface area (Å²) in [6, 6.07) is 7.05. The molecule has 1 amide bonds. The second-order valence-electron chi connectivity index (χ2n) is 4.14. The van der Waals surface area contributed by atoms with E-state index in [0.717, 1.165) is 16.8 Å². The summed E-state index contributed by atoms with van der Waals surface area (Å²) >= 11 is 11.8. The van der Waals surface area contributed by atoms with Crippen molar-refractivity contribution in [1.29, 1.82) is 0 Å². The molecule has 0 radical (unpaired) electrons. The Morgan fingerprint density at radius 3 is 2.74 bits per heavy atom. The number of halogens is 2. The predicted molar refractivity (Wildman–Crippen MR) is 77.2 cm³/mol. The minimum absolute atomic E-state index is 0.155. The fraction of sp³-hybridized carbons (Fsp3) is 0. The van der Waals surface area contributed by atoms with Crippen LogP contribution in [0.5, 0.6) is 0 Å². The number of benzene rings is 1. The second kappa shape index (κ2) is 4.68. The molecule has 19 heavy (non-hydrogen) atoms. The van der Waals surface area contributed by atoms with Crippen molar-refractivity contribution in [2.24, 2.45) is 0 Å². The number of anilines is 1. The molecule has 0 aliphatic carbocycles. The third kappa shape index (κ3) is 2.35. The van der Waals surface area contributed by atoms with Crippen LogP contribution in [0.4, 0.5) is 5.69 Å². The summed E-state index contributed by atoms with van der Waals surface area (Å²) in [4.78, 5) is 15.9. The van der Waals surface area contributed by atoms with Crippen LogP contribution in [0.25, 0.3) is 11.6 Å². The van der Waals surface area contributed by atoms with Crippen molar-refractivity contribution in [2.75, 3.05) is 5.32 Å². The number of nitrogens with one attached hydrogen (secondary N) is 1. The molecule has 0 spiro atoms. The fourth-order valence-corrected chi connectivity index (χ4v) is 2.34. The zero-order valence-corrected chi connectivity index (χ0v) is 11.2. The molecule has 0 atom stereocenters. The van der Waals surface area contributed by atoms with Crippen LogP contribution >= 0.6 is 23.2 Å². The Kier molecular flexibility index (Phi) is 3.01. The van der Waals surface area contributed by atoms with E-state index >= 15 is 0 Å². The van der Waals surface area contributed by atoms with Crippen molar-refractivity contribution >= 4 is 46.4 Å². The SMILES string of the molecule is O=C1Nc2cc(Cl)ccc2/C1=C/c1cncc(Cl)c1. The van der Waals surface area contributed by atoms with E-state index in [-0.39, 0.29) is 5.91 Å². The maximum absolute atomic E-state index is 12.0. The van der Waals surface area contributed by atoms with Crippen LogP contribution in [0, 0.1) is 0 Å². The number of hydrogen-bond acceptors (Lipinski definition) is 2. The highest BCUT2D eigenvalue weighted by Gasteiger charge is 2.23. The van der Waals surface area contributed by atoms with Crippen LogP contribution in [0.1, 0.15) is 11.1 Å². The lowest BCUT2D eigenvalue weighted by Crippen LogP contribution is -2.03. The lowest BCUT2D eigenvalue weighted by molar-refractivity contribution is -0.110. The van der Waals surface area contributed by atoms with E-state index in [1.54, 1.807) is 36.7 Å². The molecule has 94 valence electrons. The molecule has 1 aliphatic heterocycles. The molecule has 1 N–H and O–H groups in total. The molecule has 0 saturated heterocycles. The summed E-state index contributed by atoms with van der Waals surface area (Å²) in [5.74, 6) is -0.155. The van der Waals surface area contributed by atoms with E-state index in [1.165, 1.54) is 0 Å². The zero-order chi connectivity index (χ0) is 13.4. The smallest absolute Gasteiger partial charge is 0.256 e. The van der Waals surface area contributed by atoms with Gasteiger partial charge in [-0.05, 0) is 29.8 Å². The minimum atomic E-state index is -0.155. The monoisotopic (exact) mass is 290 g/mol. The van der Waals surface area contributed by atoms with Crippen molar-refractivity contribution in [1.82, 2.24) is 4.98 Å². The summed E-state index contributed by atoms with van der Waals surface area (Å²) in [7, 11) is 0. The van der Waals surface area contributed by atoms with Gasteiger partial charge in [0.2, 0.25) is 0 Å². The quantitative estimate of drug-likeness (QED) is 0.810. The van der Waals surface area contributed by atoms with Gasteiger partial charge >= 0.3 is 0 Å². The van der Waals surface area contributed by atoms with E-state index in [1.807, 2.05) is 6.07 Å². The highest BCUT2D eigenvalue weighted by atomic mass is 35.5. The second-order valence-corrected chi connectivity index (χ2v) is 5.01. The Bertz CT molecular complexity index is 710. The molecule has 5 heteroatoms. The maximum Gasteiger partial charge on any atom is 0.256 e. The molecular formula is C14H8Cl2N2O. The van der Waals surface area contributed by atoms with E-state index < -0.39 is 0 Å². The van der Waals surface area contributed by atoms with Crippen LogP contribution in [0.3, 0.4) is 0 Å². The molecule has 0 unspecified atom stereocenters. The number of nitrogens with zero attached hydrogens (tertiary/aromatic N) is 1. The van der Waals surface area contributed by atoms with E-state index in [4.69, 9.17) is 23.2 Å². The largest absolute Gasteiger partial charge is 0.321 e. The summed E-state index contributed by atoms with van der Waals surface area (Å²) in [5.41, 5.74) is 2.91. The van der Waals surface area contributed by atoms with Crippen molar-refractivity contribution in [2.45, 2.75) is 0 Å². The number of carbonyl (C=O) groups is 1. The van der Waals surface area contributed by atoms with Crippen molar-refractivity contribution in [3.05, 3.63) is 57.8 Å². The molecule has 0 bridgehead atoms. The first-order chi connectivity index (χ1) is 9.13. The number of carbonyl (C=O) groups excluding carboxylic acids is 1. The normalized spacial score (nSPS) is 15.5. The van der Waals surface area contributed by atoms with E-state index in [9.17, 15) is 4.79 Å². The standard InChI is InChI=1S/C14H8Cl2N2O/c15-9-1-2-11-12(14(19)18-13(11)5-9)4-8-3-10(16)7-17-6-8/h1-7H,(H,18,19)/b12-4-. The summed E-state index contributed by atoms with van der Waals surface area (Å²) in [6.45, 7) is 0. The molecular weight excluding hydrogens is 283 g/mol. The number of aromatic nitrogens is 1. The van der Waals surface area contributed by atoms with Gasteiger partial charge in [0.25, 0.3) is 5.91 Å². The average Bonchev–Trinajstić information content (AvgIpc) is 2.65. The first-order valence-electron chi connectivity index (χ1n) is 5.57. The van der Waals surface area contributed by atoms with E-state index in [2.05, 4.69) is 10.3 Å². The van der Waals surface area contributed by atoms with Gasteiger partial charge in [-0.1, -0.05) is 29.3 Å². The highest BCUT2D eigenvalue weighted by Crippen LogP contribution is 2.34. The van der Waals surface area contributed by atoms with E-state index in [0.29, 0.717) is 15.6 Å². The Morgan fingerprint density at radius 1 is 1.11 bits per heavy atom. The number of fused-ring (bicyclic) bond motifs is 1. The van der Waals surface area contributed by atoms with Crippen LogP contribution in [0.15, 0.2) is 36.7 Å². The Hall–Kier alpha value is -1.84. The Morgan fingerprint density at radius 2 is 1.95 bits per heavy atom. The highest BCUT2D eigenvalue weighted by molar-refractivity contribution is 6.36. The van der Waals surface area contributed by atoms with Crippen molar-refractivity contribution < 1.29 is 4.79 Å². The molecule has 0 saturated carbocycles. The molecule has 2 heterocycles. The lowest BCUT2D eigenvalue weighted by atomic mass is 10.0. The third-order valence-corrected chi connectivity index (χ3v) is 3.24. The molecule has 1 aliphatic rings. The van der Waals surface area contributed by atoms with Gasteiger partial charge in [0, 0.05) is 28.6 Å². The number of pyridine rings is 1. The Labute approximate surface area is 119 Å². The van der Waals surface area contributed by atoms with Crippen LogP contribution < -0.4 is 5.32 Å². The van der Waals surface area contributed by atoms with Crippen LogP contribution in [0.2, 0.25) is 10.0 Å². The number of amides is 1.